The van der Waals surface area contributed by atoms with Gasteiger partial charge in [-0.25, -0.2) is 19.6 Å². The number of rotatable bonds is 4. The standard InChI is InChI=1S/C38H44N6O4/c1-8-24-19-32(44(23-24)36(46)48-38(5,6)7)34-40-22-30(42-34)28-15-14-26-18-25(11-13-27(26)20-28)12-16-29-21-39-33(41-29)31-10-9-17-43(31)35(45)47-37(2,3)4/h8,11,13-15,18,20-22,24,31-32H,1,9-10,17,19,23H2,2-7H3,(H,39,41)(H,40,42). The molecule has 2 aliphatic heterocycles. The third kappa shape index (κ3) is 7.41. The number of hydrogen-bond donors (Lipinski definition) is 2. The van der Waals surface area contributed by atoms with Gasteiger partial charge in [0.05, 0.1) is 30.2 Å². The zero-order chi connectivity index (χ0) is 34.2. The summed E-state index contributed by atoms with van der Waals surface area (Å²) in [6, 6.07) is 12.0. The first kappa shape index (κ1) is 32.9. The molecule has 10 nitrogen and oxygen atoms in total. The van der Waals surface area contributed by atoms with Crippen LogP contribution in [0.25, 0.3) is 22.0 Å². The van der Waals surface area contributed by atoms with Gasteiger partial charge in [-0.05, 0) is 102 Å². The molecule has 4 aromatic rings. The second kappa shape index (κ2) is 12.9. The Morgan fingerprint density at radius 2 is 1.54 bits per heavy atom. The fourth-order valence-corrected chi connectivity index (χ4v) is 6.26. The lowest BCUT2D eigenvalue weighted by Gasteiger charge is -2.27. The Kier molecular flexibility index (Phi) is 8.82. The molecule has 2 amide bonds. The normalized spacial score (nSPS) is 19.7. The molecule has 48 heavy (non-hydrogen) atoms. The molecule has 6 rings (SSSR count). The first-order valence-corrected chi connectivity index (χ1v) is 16.5. The van der Waals surface area contributed by atoms with Crippen molar-refractivity contribution in [2.24, 2.45) is 5.92 Å². The molecule has 2 aromatic heterocycles. The summed E-state index contributed by atoms with van der Waals surface area (Å²) >= 11 is 0. The number of fused-ring (bicyclic) bond motifs is 1. The smallest absolute Gasteiger partial charge is 0.410 e. The van der Waals surface area contributed by atoms with Gasteiger partial charge in [0, 0.05) is 24.2 Å². The third-order valence-electron chi connectivity index (χ3n) is 8.49. The van der Waals surface area contributed by atoms with Gasteiger partial charge in [0.2, 0.25) is 0 Å². The van der Waals surface area contributed by atoms with E-state index >= 15 is 0 Å². The highest BCUT2D eigenvalue weighted by atomic mass is 16.6. The molecule has 2 fully saturated rings. The summed E-state index contributed by atoms with van der Waals surface area (Å²) in [5.74, 6) is 8.07. The van der Waals surface area contributed by atoms with E-state index in [1.807, 2.05) is 59.9 Å². The number of carbonyl (C=O) groups excluding carboxylic acids is 2. The van der Waals surface area contributed by atoms with Crippen LogP contribution in [0.4, 0.5) is 9.59 Å². The topological polar surface area (TPSA) is 116 Å². The number of ether oxygens (including phenoxy) is 2. The molecule has 0 spiro atoms. The van der Waals surface area contributed by atoms with Gasteiger partial charge in [0.25, 0.3) is 0 Å². The number of aromatic nitrogens is 4. The highest BCUT2D eigenvalue weighted by Gasteiger charge is 2.39. The molecule has 0 saturated carbocycles. The summed E-state index contributed by atoms with van der Waals surface area (Å²) in [7, 11) is 0. The van der Waals surface area contributed by atoms with Crippen LogP contribution >= 0.6 is 0 Å². The SMILES string of the molecule is C=CC1CC(c2ncc(-c3ccc4cc(C#Cc5cnc(C6CCCN6C(=O)OC(C)(C)C)[nH]5)ccc4c3)[nH]2)N(C(=O)OC(C)(C)C)C1. The molecule has 4 heterocycles. The fourth-order valence-electron chi connectivity index (χ4n) is 6.26. The van der Waals surface area contributed by atoms with Gasteiger partial charge in [-0.3, -0.25) is 9.80 Å². The third-order valence-corrected chi connectivity index (χ3v) is 8.49. The van der Waals surface area contributed by atoms with Crippen molar-refractivity contribution in [2.45, 2.75) is 84.1 Å². The van der Waals surface area contributed by atoms with Crippen molar-refractivity contribution in [3.05, 3.63) is 84.4 Å². The van der Waals surface area contributed by atoms with Crippen LogP contribution in [0.3, 0.4) is 0 Å². The van der Waals surface area contributed by atoms with Crippen molar-refractivity contribution >= 4 is 23.0 Å². The van der Waals surface area contributed by atoms with Crippen molar-refractivity contribution in [1.29, 1.82) is 0 Å². The van der Waals surface area contributed by atoms with Crippen LogP contribution in [-0.2, 0) is 9.47 Å². The van der Waals surface area contributed by atoms with Gasteiger partial charge in [0.15, 0.2) is 0 Å². The second-order valence-corrected chi connectivity index (χ2v) is 14.6. The van der Waals surface area contributed by atoms with Gasteiger partial charge < -0.3 is 19.4 Å². The predicted molar refractivity (Wildman–Crippen MR) is 185 cm³/mol. The molecule has 2 aliphatic rings. The molecule has 2 saturated heterocycles. The van der Waals surface area contributed by atoms with Crippen molar-refractivity contribution in [3.8, 4) is 23.1 Å². The van der Waals surface area contributed by atoms with Crippen molar-refractivity contribution in [2.75, 3.05) is 13.1 Å². The summed E-state index contributed by atoms with van der Waals surface area (Å²) in [6.07, 6.45) is 7.24. The number of amides is 2. The number of imidazole rings is 2. The Bertz CT molecular complexity index is 1900. The Hall–Kier alpha value is -5.04. The van der Waals surface area contributed by atoms with E-state index in [2.05, 4.69) is 68.7 Å². The Morgan fingerprint density at radius 3 is 2.27 bits per heavy atom. The van der Waals surface area contributed by atoms with Crippen LogP contribution in [0.15, 0.2) is 61.4 Å². The van der Waals surface area contributed by atoms with E-state index in [9.17, 15) is 9.59 Å². The van der Waals surface area contributed by atoms with Gasteiger partial charge in [-0.15, -0.1) is 6.58 Å². The van der Waals surface area contributed by atoms with Crippen LogP contribution in [0.2, 0.25) is 0 Å². The van der Waals surface area contributed by atoms with E-state index in [4.69, 9.17) is 9.47 Å². The maximum atomic E-state index is 13.0. The zero-order valence-electron chi connectivity index (χ0n) is 28.6. The quantitative estimate of drug-likeness (QED) is 0.172. The molecule has 3 atom stereocenters. The van der Waals surface area contributed by atoms with Crippen molar-refractivity contribution in [1.82, 2.24) is 29.7 Å². The predicted octanol–water partition coefficient (Wildman–Crippen LogP) is 7.91. The van der Waals surface area contributed by atoms with Crippen molar-refractivity contribution in [3.63, 3.8) is 0 Å². The minimum absolute atomic E-state index is 0.151. The van der Waals surface area contributed by atoms with Crippen LogP contribution in [0.1, 0.15) is 95.8 Å². The Labute approximate surface area is 281 Å². The minimum Gasteiger partial charge on any atom is -0.444 e. The number of nitrogens with one attached hydrogen (secondary N) is 2. The van der Waals surface area contributed by atoms with E-state index < -0.39 is 11.2 Å². The molecule has 3 unspecified atom stereocenters. The first-order chi connectivity index (χ1) is 22.8. The number of nitrogens with zero attached hydrogens (tertiary/aromatic N) is 4. The number of aromatic amines is 2. The van der Waals surface area contributed by atoms with Gasteiger partial charge in [0.1, 0.15) is 28.5 Å². The average Bonchev–Trinajstić information content (AvgIpc) is 3.83. The van der Waals surface area contributed by atoms with Crippen LogP contribution in [0.5, 0.6) is 0 Å². The lowest BCUT2D eigenvalue weighted by Crippen LogP contribution is -2.37. The van der Waals surface area contributed by atoms with Crippen LogP contribution in [0, 0.1) is 17.8 Å². The molecule has 0 bridgehead atoms. The molecule has 250 valence electrons. The number of hydrogen-bond acceptors (Lipinski definition) is 6. The van der Waals surface area contributed by atoms with E-state index in [1.54, 1.807) is 16.0 Å². The van der Waals surface area contributed by atoms with E-state index in [0.29, 0.717) is 18.8 Å². The molecule has 0 aliphatic carbocycles. The minimum atomic E-state index is -0.580. The molecular weight excluding hydrogens is 604 g/mol. The fraction of sp³-hybridized carbons (Fsp3) is 0.421. The summed E-state index contributed by atoms with van der Waals surface area (Å²) in [4.78, 5) is 45.2. The number of carbonyl (C=O) groups is 2. The summed E-state index contributed by atoms with van der Waals surface area (Å²) in [6.45, 7) is 16.4. The number of likely N-dealkylation sites (tertiary alicyclic amines) is 2. The second-order valence-electron chi connectivity index (χ2n) is 14.6. The summed E-state index contributed by atoms with van der Waals surface area (Å²) in [5, 5.41) is 2.14. The van der Waals surface area contributed by atoms with E-state index in [-0.39, 0.29) is 30.2 Å². The lowest BCUT2D eigenvalue weighted by molar-refractivity contribution is 0.0207. The zero-order valence-corrected chi connectivity index (χ0v) is 28.6. The molecular formula is C38H44N6O4. The summed E-state index contributed by atoms with van der Waals surface area (Å²) in [5.41, 5.74) is 2.32. The number of H-pyrrole nitrogens is 2. The Balaban J connectivity index is 1.15. The van der Waals surface area contributed by atoms with Gasteiger partial charge >= 0.3 is 12.2 Å². The highest BCUT2D eigenvalue weighted by molar-refractivity contribution is 5.88. The maximum absolute atomic E-state index is 13.0. The number of benzene rings is 2. The molecule has 2 aromatic carbocycles. The van der Waals surface area contributed by atoms with Gasteiger partial charge in [-0.1, -0.05) is 30.2 Å². The maximum Gasteiger partial charge on any atom is 0.410 e. The monoisotopic (exact) mass is 648 g/mol. The van der Waals surface area contributed by atoms with Crippen molar-refractivity contribution < 1.29 is 19.1 Å². The van der Waals surface area contributed by atoms with Crippen LogP contribution < -0.4 is 0 Å². The van der Waals surface area contributed by atoms with E-state index in [1.165, 1.54) is 0 Å². The molecule has 10 heteroatoms. The Morgan fingerprint density at radius 1 is 0.875 bits per heavy atom. The molecule has 0 radical (unpaired) electrons. The largest absolute Gasteiger partial charge is 0.444 e. The first-order valence-electron chi connectivity index (χ1n) is 16.5. The molecule has 2 N–H and O–H groups in total. The van der Waals surface area contributed by atoms with E-state index in [0.717, 1.165) is 58.5 Å². The summed E-state index contributed by atoms with van der Waals surface area (Å²) < 4.78 is 11.3. The van der Waals surface area contributed by atoms with Crippen LogP contribution in [-0.4, -0.2) is 66.2 Å². The van der Waals surface area contributed by atoms with Gasteiger partial charge in [-0.2, -0.15) is 0 Å². The highest BCUT2D eigenvalue weighted by Crippen LogP contribution is 2.37. The lowest BCUT2D eigenvalue weighted by atomic mass is 10.0. The average molecular weight is 649 g/mol.